The van der Waals surface area contributed by atoms with Crippen molar-refractivity contribution in [3.05, 3.63) is 285 Å². The number of esters is 3. The van der Waals surface area contributed by atoms with Crippen molar-refractivity contribution in [2.24, 2.45) is 15.1 Å². The fraction of sp³-hybridized carbons (Fsp3) is 0.207. The van der Waals surface area contributed by atoms with Gasteiger partial charge in [0, 0.05) is 66.3 Å². The Morgan fingerprint density at radius 3 is 1.12 bits per heavy atom. The zero-order chi connectivity index (χ0) is 96.4. The zero-order valence-electron chi connectivity index (χ0n) is 71.0. The van der Waals surface area contributed by atoms with E-state index < -0.39 is 133 Å². The van der Waals surface area contributed by atoms with Gasteiger partial charge in [0.1, 0.15) is 28.3 Å². The van der Waals surface area contributed by atoms with Gasteiger partial charge in [-0.25, -0.2) is 82.6 Å². The summed E-state index contributed by atoms with van der Waals surface area (Å²) in [6.07, 6.45) is -3.19. The molecule has 0 unspecified atom stereocenters. The van der Waals surface area contributed by atoms with Crippen molar-refractivity contribution in [1.29, 1.82) is 5.53 Å². The maximum Gasteiger partial charge on any atom is 1.00 e. The van der Waals surface area contributed by atoms with Crippen LogP contribution >= 0.6 is 24.2 Å². The van der Waals surface area contributed by atoms with Crippen molar-refractivity contribution in [2.75, 3.05) is 61.2 Å². The van der Waals surface area contributed by atoms with Crippen molar-refractivity contribution >= 4 is 128 Å². The number of nitro groups is 1. The molecule has 12 N–H and O–H groups in total. The van der Waals surface area contributed by atoms with Crippen LogP contribution in [-0.4, -0.2) is 117 Å². The average molecular weight is 1880 g/mol. The fourth-order valence-electron chi connectivity index (χ4n) is 9.83. The second kappa shape index (κ2) is 51.9. The molecule has 0 aliphatic heterocycles. The maximum absolute atomic E-state index is 13.5. The predicted molar refractivity (Wildman–Crippen MR) is 456 cm³/mol. The van der Waals surface area contributed by atoms with Gasteiger partial charge in [0.25, 0.3) is 16.8 Å². The first kappa shape index (κ1) is 112. The topological polar surface area (TPSA) is 541 Å². The van der Waals surface area contributed by atoms with Gasteiger partial charge in [-0.2, -0.15) is 12.6 Å². The number of ether oxygens (including phenoxy) is 7. The van der Waals surface area contributed by atoms with Gasteiger partial charge in [0.2, 0.25) is 0 Å². The van der Waals surface area contributed by atoms with E-state index in [4.69, 9.17) is 50.9 Å². The van der Waals surface area contributed by atoms with E-state index in [1.807, 2.05) is 32.9 Å². The summed E-state index contributed by atoms with van der Waals surface area (Å²) in [4.78, 5) is 146. The van der Waals surface area contributed by atoms with Gasteiger partial charge >= 0.3 is 83.2 Å². The summed E-state index contributed by atoms with van der Waals surface area (Å²) in [5.74, 6) is -11.9. The fourth-order valence-corrected chi connectivity index (χ4v) is 9.87. The van der Waals surface area contributed by atoms with E-state index in [-0.39, 0.29) is 122 Å². The predicted octanol–water partition coefficient (Wildman–Crippen LogP) is 12.5. The average Bonchev–Trinajstić information content (AvgIpc) is 0.772. The van der Waals surface area contributed by atoms with Crippen LogP contribution in [0.2, 0.25) is 0 Å². The summed E-state index contributed by atoms with van der Waals surface area (Å²) in [6, 6.07) is 34.7. The Kier molecular flexibility index (Phi) is 44.6. The molecule has 0 fully saturated rings. The molecule has 0 saturated heterocycles. The minimum absolute atomic E-state index is 0. The van der Waals surface area contributed by atoms with Crippen LogP contribution in [0.3, 0.4) is 0 Å². The van der Waals surface area contributed by atoms with E-state index in [1.165, 1.54) is 84.9 Å². The number of hydrogen-bond acceptors (Lipinski definition) is 26. The number of nitrogens with two attached hydrogens (primary N) is 2. The van der Waals surface area contributed by atoms with E-state index in [9.17, 15) is 98.0 Å². The van der Waals surface area contributed by atoms with Crippen molar-refractivity contribution in [1.82, 2.24) is 19.1 Å². The molecule has 0 bridgehead atoms. The molecule has 0 radical (unpaired) electrons. The number of aromatic nitrogens is 4. The number of H-pyrrole nitrogens is 2. The number of nitrogen functional groups attached to an aromatic ring is 2. The molecule has 9 aromatic carbocycles. The number of aliphatic hydroxyl groups excluding tert-OH is 1. The first-order valence-electron chi connectivity index (χ1n) is 36.1. The summed E-state index contributed by atoms with van der Waals surface area (Å²) in [7, 11) is 3.83. The third-order valence-electron chi connectivity index (χ3n) is 15.0. The van der Waals surface area contributed by atoms with Gasteiger partial charge < -0.3 is 64.8 Å². The second-order valence-electron chi connectivity index (χ2n) is 27.8. The van der Waals surface area contributed by atoms with Crippen molar-refractivity contribution in [2.45, 2.75) is 85.5 Å². The quantitative estimate of drug-likeness (QED) is 0.00706. The number of rotatable bonds is 14. The molecule has 37 nitrogen and oxygen atoms in total. The summed E-state index contributed by atoms with van der Waals surface area (Å²) in [6.45, 7) is 15.9. The van der Waals surface area contributed by atoms with Crippen LogP contribution in [0.25, 0.3) is 33.2 Å². The van der Waals surface area contributed by atoms with Crippen molar-refractivity contribution in [3.63, 3.8) is 0 Å². The zero-order valence-corrected chi connectivity index (χ0v) is 74.6. The van der Waals surface area contributed by atoms with Crippen LogP contribution in [-0.2, 0) is 34.9 Å². The molecule has 0 aliphatic rings. The van der Waals surface area contributed by atoms with Crippen molar-refractivity contribution in [3.8, 4) is 22.9 Å². The maximum atomic E-state index is 13.5. The Morgan fingerprint density at radius 2 is 0.800 bits per heavy atom. The molecule has 130 heavy (non-hydrogen) atoms. The Morgan fingerprint density at radius 1 is 0.485 bits per heavy atom. The number of non-ortho nitro benzene ring substituents is 1. The van der Waals surface area contributed by atoms with E-state index in [0.29, 0.717) is 47.0 Å². The third-order valence-corrected chi connectivity index (χ3v) is 15.1. The summed E-state index contributed by atoms with van der Waals surface area (Å²) < 4.78 is 145. The molecule has 2 heterocycles. The first-order chi connectivity index (χ1) is 60.1. The molecule has 2 aromatic heterocycles. The number of methoxy groups -OCH3 is 2. The number of hydrogen-bond donors (Lipinski definition) is 10. The third kappa shape index (κ3) is 35.7. The number of benzene rings is 9. The number of carbonyl (C=O) groups excluding carboxylic acids is 7. The van der Waals surface area contributed by atoms with Gasteiger partial charge in [-0.15, -0.1) is 12.4 Å². The van der Waals surface area contributed by atoms with Crippen LogP contribution in [0.15, 0.2) is 204 Å². The van der Waals surface area contributed by atoms with Gasteiger partial charge in [-0.05, 0) is 200 Å². The molecule has 0 spiro atoms. The molecule has 4 amide bonds. The largest absolute Gasteiger partial charge is 1.00 e. The number of amides is 4. The molecule has 48 heteroatoms. The number of anilines is 6. The second-order valence-corrected chi connectivity index (χ2v) is 28.0. The molecule has 0 aliphatic carbocycles. The van der Waals surface area contributed by atoms with E-state index in [0.717, 1.165) is 79.5 Å². The summed E-state index contributed by atoms with van der Waals surface area (Å²) >= 11 is 4.55. The van der Waals surface area contributed by atoms with Crippen LogP contribution in [0.1, 0.15) is 88.6 Å². The number of fused-ring (bicyclic) bond motifs is 2. The van der Waals surface area contributed by atoms with Gasteiger partial charge in [-0.1, -0.05) is 16.8 Å². The number of aliphatic hydroxyl groups is 1. The molecule has 688 valence electrons. The number of carbonyl (C=O) groups is 7. The Hall–Kier alpha value is -14.5. The van der Waals surface area contributed by atoms with Crippen LogP contribution in [0, 0.1) is 62.2 Å². The first-order valence-corrected chi connectivity index (χ1v) is 36.4. The summed E-state index contributed by atoms with van der Waals surface area (Å²) in [5, 5.41) is 39.9. The Balaban J connectivity index is 0.000000542. The van der Waals surface area contributed by atoms with Gasteiger partial charge in [0.15, 0.2) is 46.5 Å². The molecular weight excluding hydrogens is 1790 g/mol. The Bertz CT molecular complexity index is 6090. The molecule has 11 aromatic rings. The van der Waals surface area contributed by atoms with Gasteiger partial charge in [0.05, 0.1) is 93.0 Å². The van der Waals surface area contributed by atoms with Crippen LogP contribution in [0.5, 0.6) is 11.5 Å². The molecule has 11 rings (SSSR count). The normalized spacial score (nSPS) is 10.4. The minimum Gasteiger partial charge on any atom is -0.857 e. The molecule has 0 saturated carbocycles. The van der Waals surface area contributed by atoms with Crippen molar-refractivity contribution < 1.29 is 147 Å². The number of nitrogens with one attached hydrogen (secondary N) is 7. The molecular formula is C82H82Cl2F8N15NaO22. The van der Waals surface area contributed by atoms with E-state index in [1.54, 1.807) is 53.7 Å². The van der Waals surface area contributed by atoms with Crippen LogP contribution < -0.4 is 99.4 Å². The number of nitrogens with zero attached hydrogens (tertiary/aromatic N) is 6. The minimum atomic E-state index is -1.30. The van der Waals surface area contributed by atoms with E-state index >= 15 is 0 Å². The standard InChI is InChI=1S/C20H20F2N2O6.C19H17F2N3O4.C15H10F2N2O6.C14H9F2N3O2.C12H17NO2.CH4O.CH3O.ClHN4.ClH.Na/c1-20(2,3)30-19(27)23-11-5-7-12(8-6-11)29-18(26)24-16-10-15(22)14(21)9-13(16)17(25)28-4;1-19(2,3)28-18(27)22-10-4-6-11(7-5-10)24-16(25)12-8-13(20)14(21)9-15(12)23-17(24)26;1-24-14(20)10-6-11(16)12(17)7-13(10)18-15(21)25-9-4-2-8(3-5-9)19(22)23;15-10-5-9-12(6-11(10)16)18-14(21)19(13(9)20)8-3-1-7(17)2-4-8;1-12(2,3)15-11(14)8-9-4-6-10(13)7-5-9;2*1-2;1-3-5-4-2;;/h5-10H,1-4H3,(H,23,27)(H,24,26);4-9H,1-3H3,(H,22,27)(H,23,26);2-7H,1H3,(H,18,21);1-6H,17H2,(H,18,21);4-7H,8,13H2,1-3H3;2H,1H3;1H3;2H;1H;/q;;;;;;-1;;;+1. The number of aromatic amines is 2. The number of halogens is 10. The molecule has 0 atom stereocenters. The summed E-state index contributed by atoms with van der Waals surface area (Å²) in [5.41, 5.74) is 13.6. The number of nitro benzene ring substituents is 1. The van der Waals surface area contributed by atoms with E-state index in [2.05, 4.69) is 67.6 Å². The Labute approximate surface area is 764 Å². The SMILES string of the molecule is CC(C)(C)OC(=O)Cc1ccc(N)cc1.CC(C)(C)OC(=O)Nc1ccc(-n2c(=O)[nH]c3cc(F)c(F)cc3c2=O)cc1.CO.COC(=O)c1cc(F)c(F)cc1NC(=O)Oc1ccc(NC(=O)OC(C)(C)C)cc1.COC(=O)c1cc(F)c(F)cc1NC(=O)Oc1ccc([N+](=O)[O-])cc1.C[O-].Cl.N=NN=NCl.Nc1ccc(-n2c(=O)[nH]c3cc(F)c(F)cc3c2=O)cc1.[Na+]. The van der Waals surface area contributed by atoms with Gasteiger partial charge in [-0.3, -0.25) is 45.8 Å². The smallest absolute Gasteiger partial charge is 0.857 e. The monoisotopic (exact) mass is 1870 g/mol. The van der Waals surface area contributed by atoms with Crippen LogP contribution in [0.4, 0.5) is 94.1 Å².